The minimum atomic E-state index is -0.336. The highest BCUT2D eigenvalue weighted by Crippen LogP contribution is 2.15. The van der Waals surface area contributed by atoms with Crippen LogP contribution in [0, 0.1) is 11.8 Å². The van der Waals surface area contributed by atoms with E-state index in [1.165, 1.54) is 7.11 Å². The summed E-state index contributed by atoms with van der Waals surface area (Å²) in [5.41, 5.74) is 0.768. The van der Waals surface area contributed by atoms with Crippen LogP contribution in [0.25, 0.3) is 0 Å². The van der Waals surface area contributed by atoms with Crippen LogP contribution in [0.15, 0.2) is 24.3 Å². The van der Waals surface area contributed by atoms with Crippen molar-refractivity contribution in [2.45, 2.75) is 6.42 Å². The van der Waals surface area contributed by atoms with Crippen LogP contribution in [0.2, 0.25) is 0 Å². The van der Waals surface area contributed by atoms with Gasteiger partial charge in [0.25, 0.3) is 0 Å². The smallest absolute Gasteiger partial charge is 0.317 e. The molecule has 0 atom stereocenters. The standard InChI is InChI=1S/C12H12O3/c1-14-11-8-4-3-6-10(11)7-5-9-12(13)15-2/h3-4,6,8H,9H2,1-2H3. The number of rotatable bonds is 2. The lowest BCUT2D eigenvalue weighted by Gasteiger charge is -2.00. The molecule has 0 radical (unpaired) electrons. The number of para-hydroxylation sites is 1. The first-order chi connectivity index (χ1) is 7.27. The van der Waals surface area contributed by atoms with Gasteiger partial charge in [0, 0.05) is 0 Å². The fourth-order valence-electron chi connectivity index (χ4n) is 1.03. The third-order valence-corrected chi connectivity index (χ3v) is 1.79. The molecule has 1 rings (SSSR count). The molecule has 0 heterocycles. The third-order valence-electron chi connectivity index (χ3n) is 1.79. The highest BCUT2D eigenvalue weighted by Gasteiger charge is 1.97. The summed E-state index contributed by atoms with van der Waals surface area (Å²) < 4.78 is 9.58. The first-order valence-electron chi connectivity index (χ1n) is 4.46. The van der Waals surface area contributed by atoms with Gasteiger partial charge in [0.1, 0.15) is 12.2 Å². The van der Waals surface area contributed by atoms with Crippen molar-refractivity contribution in [2.75, 3.05) is 14.2 Å². The molecule has 0 saturated heterocycles. The molecular weight excluding hydrogens is 192 g/mol. The highest BCUT2D eigenvalue weighted by molar-refractivity contribution is 5.72. The molecule has 78 valence electrons. The van der Waals surface area contributed by atoms with E-state index in [1.807, 2.05) is 24.3 Å². The Hall–Kier alpha value is -1.95. The molecular formula is C12H12O3. The van der Waals surface area contributed by atoms with Crippen LogP contribution < -0.4 is 4.74 Å². The molecule has 1 aromatic carbocycles. The van der Waals surface area contributed by atoms with Crippen molar-refractivity contribution in [3.63, 3.8) is 0 Å². The summed E-state index contributed by atoms with van der Waals surface area (Å²) in [7, 11) is 2.92. The zero-order valence-corrected chi connectivity index (χ0v) is 8.74. The van der Waals surface area contributed by atoms with Crippen molar-refractivity contribution in [1.82, 2.24) is 0 Å². The summed E-state index contributed by atoms with van der Waals surface area (Å²) in [5.74, 6) is 5.94. The molecule has 0 amide bonds. The normalized spacial score (nSPS) is 8.67. The zero-order valence-electron chi connectivity index (χ0n) is 8.74. The van der Waals surface area contributed by atoms with Crippen LogP contribution in [0.5, 0.6) is 5.75 Å². The van der Waals surface area contributed by atoms with Gasteiger partial charge >= 0.3 is 5.97 Å². The molecule has 1 aromatic rings. The Bertz CT molecular complexity index is 399. The van der Waals surface area contributed by atoms with Crippen LogP contribution in [-0.4, -0.2) is 20.2 Å². The van der Waals surface area contributed by atoms with Crippen LogP contribution >= 0.6 is 0 Å². The summed E-state index contributed by atoms with van der Waals surface area (Å²) in [6.07, 6.45) is 0.0918. The van der Waals surface area contributed by atoms with E-state index in [0.717, 1.165) is 5.56 Å². The molecule has 0 bridgehead atoms. The van der Waals surface area contributed by atoms with E-state index in [9.17, 15) is 4.79 Å². The van der Waals surface area contributed by atoms with E-state index < -0.39 is 0 Å². The van der Waals surface area contributed by atoms with E-state index >= 15 is 0 Å². The molecule has 0 spiro atoms. The summed E-state index contributed by atoms with van der Waals surface area (Å²) >= 11 is 0. The van der Waals surface area contributed by atoms with Crippen molar-refractivity contribution in [3.8, 4) is 17.6 Å². The maximum absolute atomic E-state index is 10.8. The third kappa shape index (κ3) is 3.35. The molecule has 0 unspecified atom stereocenters. The number of carbonyl (C=O) groups is 1. The Kier molecular flexibility index (Phi) is 4.24. The molecule has 3 heteroatoms. The van der Waals surface area contributed by atoms with Gasteiger partial charge in [0.15, 0.2) is 0 Å². The quantitative estimate of drug-likeness (QED) is 0.542. The van der Waals surface area contributed by atoms with Crippen molar-refractivity contribution in [2.24, 2.45) is 0 Å². The van der Waals surface area contributed by atoms with Gasteiger partial charge in [-0.1, -0.05) is 24.0 Å². The van der Waals surface area contributed by atoms with E-state index in [1.54, 1.807) is 7.11 Å². The van der Waals surface area contributed by atoms with Gasteiger partial charge in [-0.25, -0.2) is 0 Å². The molecule has 0 aliphatic rings. The van der Waals surface area contributed by atoms with Gasteiger partial charge in [-0.05, 0) is 12.1 Å². The van der Waals surface area contributed by atoms with E-state index in [0.29, 0.717) is 5.75 Å². The maximum atomic E-state index is 10.8. The first kappa shape index (κ1) is 11.1. The second-order valence-corrected chi connectivity index (χ2v) is 2.75. The average Bonchev–Trinajstić information content (AvgIpc) is 2.29. The molecule has 0 aromatic heterocycles. The van der Waals surface area contributed by atoms with Gasteiger partial charge < -0.3 is 9.47 Å². The van der Waals surface area contributed by atoms with Gasteiger partial charge in [-0.2, -0.15) is 0 Å². The lowest BCUT2D eigenvalue weighted by molar-refractivity contribution is -0.139. The summed E-state index contributed by atoms with van der Waals surface area (Å²) in [6, 6.07) is 7.39. The zero-order chi connectivity index (χ0) is 11.1. The van der Waals surface area contributed by atoms with Gasteiger partial charge in [-0.15, -0.1) is 0 Å². The number of carbonyl (C=O) groups excluding carboxylic acids is 1. The summed E-state index contributed by atoms with van der Waals surface area (Å²) in [5, 5.41) is 0. The molecule has 3 nitrogen and oxygen atoms in total. The van der Waals surface area contributed by atoms with E-state index in [4.69, 9.17) is 4.74 Å². The number of esters is 1. The van der Waals surface area contributed by atoms with Crippen LogP contribution in [0.3, 0.4) is 0 Å². The first-order valence-corrected chi connectivity index (χ1v) is 4.46. The highest BCUT2D eigenvalue weighted by atomic mass is 16.5. The second-order valence-electron chi connectivity index (χ2n) is 2.75. The predicted molar refractivity (Wildman–Crippen MR) is 56.5 cm³/mol. The number of benzene rings is 1. The monoisotopic (exact) mass is 204 g/mol. The van der Waals surface area contributed by atoms with Crippen molar-refractivity contribution in [3.05, 3.63) is 29.8 Å². The lowest BCUT2D eigenvalue weighted by Crippen LogP contribution is -1.97. The molecule has 15 heavy (non-hydrogen) atoms. The summed E-state index contributed by atoms with van der Waals surface area (Å²) in [4.78, 5) is 10.8. The van der Waals surface area contributed by atoms with Crippen molar-refractivity contribution in [1.29, 1.82) is 0 Å². The largest absolute Gasteiger partial charge is 0.495 e. The van der Waals surface area contributed by atoms with Gasteiger partial charge in [0.2, 0.25) is 0 Å². The van der Waals surface area contributed by atoms with Crippen LogP contribution in [-0.2, 0) is 9.53 Å². The maximum Gasteiger partial charge on any atom is 0.317 e. The molecule has 0 N–H and O–H groups in total. The second kappa shape index (κ2) is 5.71. The van der Waals surface area contributed by atoms with Crippen molar-refractivity contribution < 1.29 is 14.3 Å². The Morgan fingerprint density at radius 3 is 2.73 bits per heavy atom. The minimum absolute atomic E-state index is 0.0918. The average molecular weight is 204 g/mol. The Morgan fingerprint density at radius 1 is 1.33 bits per heavy atom. The number of methoxy groups -OCH3 is 2. The van der Waals surface area contributed by atoms with Gasteiger partial charge in [0.05, 0.1) is 19.8 Å². The molecule has 0 aliphatic carbocycles. The fraction of sp³-hybridized carbons (Fsp3) is 0.250. The van der Waals surface area contributed by atoms with E-state index in [-0.39, 0.29) is 12.4 Å². The van der Waals surface area contributed by atoms with E-state index in [2.05, 4.69) is 16.6 Å². The Labute approximate surface area is 89.0 Å². The predicted octanol–water partition coefficient (Wildman–Crippen LogP) is 1.61. The SMILES string of the molecule is COC(=O)CC#Cc1ccccc1OC. The Balaban J connectivity index is 2.75. The number of hydrogen-bond donors (Lipinski definition) is 0. The van der Waals surface area contributed by atoms with Crippen LogP contribution in [0.1, 0.15) is 12.0 Å². The minimum Gasteiger partial charge on any atom is -0.495 e. The molecule has 0 aliphatic heterocycles. The number of ether oxygens (including phenoxy) is 2. The van der Waals surface area contributed by atoms with Gasteiger partial charge in [-0.3, -0.25) is 4.79 Å². The molecule has 0 saturated carbocycles. The Morgan fingerprint density at radius 2 is 2.07 bits per heavy atom. The lowest BCUT2D eigenvalue weighted by atomic mass is 10.2. The van der Waals surface area contributed by atoms with Crippen LogP contribution in [0.4, 0.5) is 0 Å². The number of hydrogen-bond acceptors (Lipinski definition) is 3. The molecule has 0 fully saturated rings. The topological polar surface area (TPSA) is 35.5 Å². The summed E-state index contributed by atoms with van der Waals surface area (Å²) in [6.45, 7) is 0. The fourth-order valence-corrected chi connectivity index (χ4v) is 1.03. The van der Waals surface area contributed by atoms with Crippen molar-refractivity contribution >= 4 is 5.97 Å².